The molecule has 0 saturated heterocycles. The van der Waals surface area contributed by atoms with Crippen molar-refractivity contribution in [1.29, 1.82) is 0 Å². The smallest absolute Gasteiger partial charge is 0.326 e. The van der Waals surface area contributed by atoms with Crippen LogP contribution < -0.4 is 11.0 Å². The van der Waals surface area contributed by atoms with Gasteiger partial charge >= 0.3 is 11.7 Å². The van der Waals surface area contributed by atoms with Gasteiger partial charge in [-0.05, 0) is 12.8 Å². The second kappa shape index (κ2) is 6.60. The summed E-state index contributed by atoms with van der Waals surface area (Å²) in [7, 11) is 1.51. The first kappa shape index (κ1) is 14.0. The number of imidazole rings is 1. The summed E-state index contributed by atoms with van der Waals surface area (Å²) in [5.74, 6) is -1.77. The standard InChI is InChI=1S/C10H15N3O5/c1-18-4-2-3-6(9(15)16)12-8(14)7-5-11-10(17)13-7/h5-6H,2-4H2,1H3,(H,12,14)(H,15,16)(H2,11,13,17). The lowest BCUT2D eigenvalue weighted by molar-refractivity contribution is -0.139. The van der Waals surface area contributed by atoms with Crippen molar-refractivity contribution < 1.29 is 19.4 Å². The zero-order chi connectivity index (χ0) is 13.5. The van der Waals surface area contributed by atoms with E-state index in [9.17, 15) is 14.4 Å². The van der Waals surface area contributed by atoms with Crippen molar-refractivity contribution >= 4 is 11.9 Å². The number of amides is 1. The van der Waals surface area contributed by atoms with Crippen LogP contribution in [0.1, 0.15) is 23.3 Å². The predicted molar refractivity (Wildman–Crippen MR) is 61.4 cm³/mol. The molecule has 0 saturated carbocycles. The summed E-state index contributed by atoms with van der Waals surface area (Å²) in [5.41, 5.74) is -0.524. The second-order valence-electron chi connectivity index (χ2n) is 3.66. The van der Waals surface area contributed by atoms with Crippen LogP contribution in [0.15, 0.2) is 11.0 Å². The Morgan fingerprint density at radius 2 is 2.28 bits per heavy atom. The Morgan fingerprint density at radius 3 is 2.78 bits per heavy atom. The van der Waals surface area contributed by atoms with E-state index < -0.39 is 23.6 Å². The third-order valence-electron chi connectivity index (χ3n) is 2.29. The summed E-state index contributed by atoms with van der Waals surface area (Å²) in [6.45, 7) is 0.417. The van der Waals surface area contributed by atoms with Crippen LogP contribution in [0, 0.1) is 0 Å². The van der Waals surface area contributed by atoms with Crippen LogP contribution in [0.4, 0.5) is 0 Å². The van der Waals surface area contributed by atoms with Gasteiger partial charge < -0.3 is 25.1 Å². The number of rotatable bonds is 7. The van der Waals surface area contributed by atoms with Crippen molar-refractivity contribution in [3.63, 3.8) is 0 Å². The summed E-state index contributed by atoms with van der Waals surface area (Å²) >= 11 is 0. The Kier molecular flexibility index (Phi) is 5.12. The number of aromatic nitrogens is 2. The van der Waals surface area contributed by atoms with Crippen molar-refractivity contribution in [3.05, 3.63) is 22.4 Å². The molecule has 0 aliphatic heterocycles. The first-order chi connectivity index (χ1) is 8.54. The number of ether oxygens (including phenoxy) is 1. The first-order valence-corrected chi connectivity index (χ1v) is 5.35. The average Bonchev–Trinajstić information content (AvgIpc) is 2.74. The van der Waals surface area contributed by atoms with Gasteiger partial charge in [0.25, 0.3) is 5.91 Å². The fraction of sp³-hybridized carbons (Fsp3) is 0.500. The fourth-order valence-corrected chi connectivity index (χ4v) is 1.38. The highest BCUT2D eigenvalue weighted by atomic mass is 16.5. The van der Waals surface area contributed by atoms with Gasteiger partial charge in [-0.1, -0.05) is 0 Å². The van der Waals surface area contributed by atoms with Gasteiger partial charge in [0.15, 0.2) is 0 Å². The van der Waals surface area contributed by atoms with E-state index in [1.54, 1.807) is 0 Å². The maximum atomic E-state index is 11.6. The molecule has 0 aromatic carbocycles. The number of carbonyl (C=O) groups is 2. The maximum absolute atomic E-state index is 11.6. The molecule has 0 spiro atoms. The number of aromatic amines is 2. The minimum absolute atomic E-state index is 0.00186. The van der Waals surface area contributed by atoms with Crippen molar-refractivity contribution in [2.24, 2.45) is 0 Å². The van der Waals surface area contributed by atoms with E-state index in [1.807, 2.05) is 0 Å². The van der Waals surface area contributed by atoms with E-state index in [0.29, 0.717) is 13.0 Å². The van der Waals surface area contributed by atoms with E-state index in [1.165, 1.54) is 13.3 Å². The molecule has 1 aromatic rings. The van der Waals surface area contributed by atoms with Gasteiger partial charge in [-0.2, -0.15) is 0 Å². The van der Waals surface area contributed by atoms with E-state index in [4.69, 9.17) is 9.84 Å². The number of nitrogens with one attached hydrogen (secondary N) is 3. The summed E-state index contributed by atoms with van der Waals surface area (Å²) < 4.78 is 4.81. The fourth-order valence-electron chi connectivity index (χ4n) is 1.38. The SMILES string of the molecule is COCCCC(NC(=O)c1c[nH]c(=O)[nH]1)C(=O)O. The van der Waals surface area contributed by atoms with Gasteiger partial charge in [0.05, 0.1) is 0 Å². The molecule has 1 heterocycles. The summed E-state index contributed by atoms with van der Waals surface area (Å²) in [6, 6.07) is -1.01. The van der Waals surface area contributed by atoms with E-state index in [2.05, 4.69) is 15.3 Å². The number of carboxylic acid groups (broad SMARTS) is 1. The molecule has 0 aliphatic rings. The Labute approximate surface area is 102 Å². The highest BCUT2D eigenvalue weighted by molar-refractivity contribution is 5.94. The third-order valence-corrected chi connectivity index (χ3v) is 2.29. The molecule has 1 aromatic heterocycles. The van der Waals surface area contributed by atoms with Gasteiger partial charge in [0.2, 0.25) is 0 Å². The zero-order valence-corrected chi connectivity index (χ0v) is 9.86. The first-order valence-electron chi connectivity index (χ1n) is 5.35. The Bertz CT molecular complexity index is 464. The number of hydrogen-bond acceptors (Lipinski definition) is 4. The van der Waals surface area contributed by atoms with Crippen LogP contribution in [0.5, 0.6) is 0 Å². The quantitative estimate of drug-likeness (QED) is 0.481. The minimum atomic E-state index is -1.13. The molecule has 100 valence electrons. The monoisotopic (exact) mass is 257 g/mol. The Morgan fingerprint density at radius 1 is 1.56 bits per heavy atom. The molecular weight excluding hydrogens is 242 g/mol. The van der Waals surface area contributed by atoms with Crippen molar-refractivity contribution in [2.45, 2.75) is 18.9 Å². The van der Waals surface area contributed by atoms with E-state index in [-0.39, 0.29) is 12.1 Å². The molecule has 1 atom stereocenters. The van der Waals surface area contributed by atoms with Crippen LogP contribution in [0.3, 0.4) is 0 Å². The predicted octanol–water partition coefficient (Wildman–Crippen LogP) is -0.687. The molecule has 8 heteroatoms. The molecule has 4 N–H and O–H groups in total. The normalized spacial score (nSPS) is 12.1. The van der Waals surface area contributed by atoms with E-state index >= 15 is 0 Å². The molecule has 18 heavy (non-hydrogen) atoms. The van der Waals surface area contributed by atoms with Crippen LogP contribution in [0.25, 0.3) is 0 Å². The lowest BCUT2D eigenvalue weighted by Crippen LogP contribution is -2.41. The average molecular weight is 257 g/mol. The number of hydrogen-bond donors (Lipinski definition) is 4. The lowest BCUT2D eigenvalue weighted by atomic mass is 10.1. The minimum Gasteiger partial charge on any atom is -0.480 e. The van der Waals surface area contributed by atoms with Gasteiger partial charge in [-0.25, -0.2) is 9.59 Å². The number of methoxy groups -OCH3 is 1. The molecule has 0 radical (unpaired) electrons. The molecular formula is C10H15N3O5. The lowest BCUT2D eigenvalue weighted by Gasteiger charge is -2.13. The summed E-state index contributed by atoms with van der Waals surface area (Å²) in [5, 5.41) is 11.3. The molecule has 1 rings (SSSR count). The highest BCUT2D eigenvalue weighted by Gasteiger charge is 2.20. The van der Waals surface area contributed by atoms with Gasteiger partial charge in [-0.3, -0.25) is 4.79 Å². The summed E-state index contributed by atoms with van der Waals surface area (Å²) in [4.78, 5) is 37.9. The van der Waals surface area contributed by atoms with Crippen LogP contribution in [0.2, 0.25) is 0 Å². The van der Waals surface area contributed by atoms with Gasteiger partial charge in [0.1, 0.15) is 11.7 Å². The number of aliphatic carboxylic acids is 1. The Hall–Kier alpha value is -2.09. The van der Waals surface area contributed by atoms with E-state index in [0.717, 1.165) is 0 Å². The number of carboxylic acids is 1. The molecule has 0 aliphatic carbocycles. The van der Waals surface area contributed by atoms with Crippen LogP contribution >= 0.6 is 0 Å². The largest absolute Gasteiger partial charge is 0.480 e. The topological polar surface area (TPSA) is 124 Å². The molecule has 0 bridgehead atoms. The molecule has 8 nitrogen and oxygen atoms in total. The maximum Gasteiger partial charge on any atom is 0.326 e. The van der Waals surface area contributed by atoms with Crippen molar-refractivity contribution in [2.75, 3.05) is 13.7 Å². The van der Waals surface area contributed by atoms with Crippen molar-refractivity contribution in [3.8, 4) is 0 Å². The van der Waals surface area contributed by atoms with Crippen molar-refractivity contribution in [1.82, 2.24) is 15.3 Å². The van der Waals surface area contributed by atoms with Crippen LogP contribution in [-0.2, 0) is 9.53 Å². The molecule has 0 fully saturated rings. The number of H-pyrrole nitrogens is 2. The van der Waals surface area contributed by atoms with Gasteiger partial charge in [-0.15, -0.1) is 0 Å². The third kappa shape index (κ3) is 4.06. The van der Waals surface area contributed by atoms with Gasteiger partial charge in [0, 0.05) is 19.9 Å². The summed E-state index contributed by atoms with van der Waals surface area (Å²) in [6.07, 6.45) is 1.95. The molecule has 1 unspecified atom stereocenters. The second-order valence-corrected chi connectivity index (χ2v) is 3.66. The Balaban J connectivity index is 2.57. The number of carbonyl (C=O) groups excluding carboxylic acids is 1. The zero-order valence-electron chi connectivity index (χ0n) is 9.86. The highest BCUT2D eigenvalue weighted by Crippen LogP contribution is 2.00. The molecule has 1 amide bonds. The van der Waals surface area contributed by atoms with Crippen LogP contribution in [-0.4, -0.2) is 46.7 Å².